The molecule has 1 amide bonds. The van der Waals surface area contributed by atoms with Gasteiger partial charge in [-0.1, -0.05) is 51.1 Å². The van der Waals surface area contributed by atoms with Crippen LogP contribution in [0.5, 0.6) is 5.75 Å². The van der Waals surface area contributed by atoms with E-state index in [1.165, 1.54) is 5.56 Å². The van der Waals surface area contributed by atoms with E-state index in [9.17, 15) is 9.59 Å². The first-order valence-electron chi connectivity index (χ1n) is 9.50. The highest BCUT2D eigenvalue weighted by atomic mass is 16.5. The van der Waals surface area contributed by atoms with Crippen LogP contribution in [0.1, 0.15) is 44.7 Å². The van der Waals surface area contributed by atoms with Crippen LogP contribution in [0.15, 0.2) is 48.5 Å². The Morgan fingerprint density at radius 1 is 1.15 bits per heavy atom. The molecule has 3 rings (SSSR count). The number of aryl methyl sites for hydroxylation is 1. The van der Waals surface area contributed by atoms with Crippen LogP contribution in [0.25, 0.3) is 0 Å². The van der Waals surface area contributed by atoms with E-state index in [4.69, 9.17) is 4.74 Å². The molecule has 142 valence electrons. The largest absolute Gasteiger partial charge is 0.426 e. The number of carbonyl (C=O) groups excluding carboxylic acids is 2. The number of hydrogen-bond donors (Lipinski definition) is 0. The fourth-order valence-corrected chi connectivity index (χ4v) is 3.34. The first-order valence-corrected chi connectivity index (χ1v) is 9.50. The molecule has 1 saturated heterocycles. The minimum atomic E-state index is -0.441. The summed E-state index contributed by atoms with van der Waals surface area (Å²) in [6.45, 7) is 8.87. The van der Waals surface area contributed by atoms with Crippen LogP contribution in [-0.4, -0.2) is 18.4 Å². The SMILES string of the molecule is CCC(C)(C)c1ccc(OC(=O)[C@@H]2CC(=O)N(c3ccccc3C)C2)cc1. The van der Waals surface area contributed by atoms with Gasteiger partial charge in [-0.05, 0) is 48.1 Å². The van der Waals surface area contributed by atoms with E-state index in [1.54, 1.807) is 4.90 Å². The van der Waals surface area contributed by atoms with Crippen LogP contribution in [0.2, 0.25) is 0 Å². The van der Waals surface area contributed by atoms with E-state index in [-0.39, 0.29) is 23.7 Å². The lowest BCUT2D eigenvalue weighted by molar-refractivity contribution is -0.139. The smallest absolute Gasteiger partial charge is 0.316 e. The Hall–Kier alpha value is -2.62. The standard InChI is InChI=1S/C23H27NO3/c1-5-23(3,4)18-10-12-19(13-11-18)27-22(26)17-14-21(25)24(15-17)20-9-7-6-8-16(20)2/h6-13,17H,5,14-15H2,1-4H3/t17-/m1/s1. The van der Waals surface area contributed by atoms with Crippen molar-refractivity contribution in [3.63, 3.8) is 0 Å². The molecular weight excluding hydrogens is 338 g/mol. The number of carbonyl (C=O) groups is 2. The average molecular weight is 365 g/mol. The van der Waals surface area contributed by atoms with Gasteiger partial charge in [0, 0.05) is 18.7 Å². The van der Waals surface area contributed by atoms with Crippen LogP contribution >= 0.6 is 0 Å². The van der Waals surface area contributed by atoms with Crippen molar-refractivity contribution in [1.29, 1.82) is 0 Å². The molecular formula is C23H27NO3. The topological polar surface area (TPSA) is 46.6 Å². The number of benzene rings is 2. The van der Waals surface area contributed by atoms with Crippen LogP contribution in [0.3, 0.4) is 0 Å². The van der Waals surface area contributed by atoms with E-state index < -0.39 is 5.92 Å². The third-order valence-electron chi connectivity index (χ3n) is 5.60. The number of nitrogens with zero attached hydrogens (tertiary/aromatic N) is 1. The van der Waals surface area contributed by atoms with Gasteiger partial charge in [0.1, 0.15) is 5.75 Å². The Balaban J connectivity index is 1.67. The monoisotopic (exact) mass is 365 g/mol. The normalized spacial score (nSPS) is 17.3. The number of amides is 1. The number of hydrogen-bond acceptors (Lipinski definition) is 3. The highest BCUT2D eigenvalue weighted by Crippen LogP contribution is 2.30. The molecule has 2 aromatic rings. The van der Waals surface area contributed by atoms with Gasteiger partial charge in [0.25, 0.3) is 0 Å². The van der Waals surface area contributed by atoms with Crippen molar-refractivity contribution in [3.05, 3.63) is 59.7 Å². The second-order valence-corrected chi connectivity index (χ2v) is 7.87. The first-order chi connectivity index (χ1) is 12.8. The maximum atomic E-state index is 12.6. The summed E-state index contributed by atoms with van der Waals surface area (Å²) in [6.07, 6.45) is 1.22. The van der Waals surface area contributed by atoms with Gasteiger partial charge >= 0.3 is 5.97 Å². The molecule has 0 radical (unpaired) electrons. The first kappa shape index (κ1) is 19.2. The van der Waals surface area contributed by atoms with Crippen molar-refractivity contribution in [2.45, 2.75) is 46.0 Å². The molecule has 4 nitrogen and oxygen atoms in total. The lowest BCUT2D eigenvalue weighted by Crippen LogP contribution is -2.27. The van der Waals surface area contributed by atoms with Gasteiger partial charge < -0.3 is 9.64 Å². The third kappa shape index (κ3) is 4.05. The van der Waals surface area contributed by atoms with Crippen LogP contribution < -0.4 is 9.64 Å². The van der Waals surface area contributed by atoms with E-state index in [1.807, 2.05) is 55.5 Å². The van der Waals surface area contributed by atoms with Crippen molar-refractivity contribution in [2.75, 3.05) is 11.4 Å². The highest BCUT2D eigenvalue weighted by molar-refractivity contribution is 6.00. The van der Waals surface area contributed by atoms with Crippen molar-refractivity contribution in [2.24, 2.45) is 5.92 Å². The summed E-state index contributed by atoms with van der Waals surface area (Å²) in [5.41, 5.74) is 3.19. The van der Waals surface area contributed by atoms with Gasteiger partial charge in [0.15, 0.2) is 0 Å². The quantitative estimate of drug-likeness (QED) is 0.573. The number of anilines is 1. The summed E-state index contributed by atoms with van der Waals surface area (Å²) in [4.78, 5) is 26.6. The molecule has 27 heavy (non-hydrogen) atoms. The predicted molar refractivity (Wildman–Crippen MR) is 107 cm³/mol. The molecule has 1 aliphatic heterocycles. The van der Waals surface area contributed by atoms with Gasteiger partial charge in [0.05, 0.1) is 5.92 Å². The summed E-state index contributed by atoms with van der Waals surface area (Å²) in [5, 5.41) is 0. The van der Waals surface area contributed by atoms with Crippen LogP contribution in [-0.2, 0) is 15.0 Å². The zero-order chi connectivity index (χ0) is 19.6. The molecule has 0 unspecified atom stereocenters. The lowest BCUT2D eigenvalue weighted by atomic mass is 9.82. The van der Waals surface area contributed by atoms with Gasteiger partial charge in [0.2, 0.25) is 5.91 Å². The number of ether oxygens (including phenoxy) is 1. The van der Waals surface area contributed by atoms with E-state index >= 15 is 0 Å². The minimum Gasteiger partial charge on any atom is -0.426 e. The Labute approximate surface area is 161 Å². The zero-order valence-corrected chi connectivity index (χ0v) is 16.5. The zero-order valence-electron chi connectivity index (χ0n) is 16.5. The van der Waals surface area contributed by atoms with Gasteiger partial charge in [-0.2, -0.15) is 0 Å². The maximum absolute atomic E-state index is 12.6. The molecule has 4 heteroatoms. The van der Waals surface area contributed by atoms with Crippen LogP contribution in [0.4, 0.5) is 5.69 Å². The number of esters is 1. The number of para-hydroxylation sites is 1. The average Bonchev–Trinajstić information content (AvgIpc) is 3.04. The molecule has 0 N–H and O–H groups in total. The van der Waals surface area contributed by atoms with Gasteiger partial charge in [-0.15, -0.1) is 0 Å². The second kappa shape index (κ2) is 7.55. The van der Waals surface area contributed by atoms with Crippen molar-refractivity contribution < 1.29 is 14.3 Å². The molecule has 1 aliphatic rings. The number of rotatable bonds is 5. The molecule has 1 heterocycles. The maximum Gasteiger partial charge on any atom is 0.316 e. The Morgan fingerprint density at radius 2 is 1.81 bits per heavy atom. The third-order valence-corrected chi connectivity index (χ3v) is 5.60. The fourth-order valence-electron chi connectivity index (χ4n) is 3.34. The fraction of sp³-hybridized carbons (Fsp3) is 0.391. The molecule has 1 atom stereocenters. The summed E-state index contributed by atoms with van der Waals surface area (Å²) in [7, 11) is 0. The Kier molecular flexibility index (Phi) is 5.36. The molecule has 0 bridgehead atoms. The second-order valence-electron chi connectivity index (χ2n) is 7.87. The predicted octanol–water partition coefficient (Wildman–Crippen LogP) is 4.64. The van der Waals surface area contributed by atoms with Crippen molar-refractivity contribution in [3.8, 4) is 5.75 Å². The van der Waals surface area contributed by atoms with Crippen molar-refractivity contribution >= 4 is 17.6 Å². The van der Waals surface area contributed by atoms with E-state index in [2.05, 4.69) is 20.8 Å². The minimum absolute atomic E-state index is 0.0358. The summed E-state index contributed by atoms with van der Waals surface area (Å²) in [6, 6.07) is 15.4. The molecule has 0 aliphatic carbocycles. The Morgan fingerprint density at radius 3 is 2.44 bits per heavy atom. The molecule has 2 aromatic carbocycles. The summed E-state index contributed by atoms with van der Waals surface area (Å²) < 4.78 is 5.54. The van der Waals surface area contributed by atoms with Gasteiger partial charge in [-0.25, -0.2) is 0 Å². The van der Waals surface area contributed by atoms with E-state index in [0.29, 0.717) is 12.3 Å². The molecule has 1 fully saturated rings. The molecule has 0 saturated carbocycles. The summed E-state index contributed by atoms with van der Waals surface area (Å²) in [5.74, 6) is -0.297. The Bertz CT molecular complexity index is 839. The molecule has 0 spiro atoms. The van der Waals surface area contributed by atoms with Gasteiger partial charge in [-0.3, -0.25) is 9.59 Å². The summed E-state index contributed by atoms with van der Waals surface area (Å²) >= 11 is 0. The highest BCUT2D eigenvalue weighted by Gasteiger charge is 2.36. The van der Waals surface area contributed by atoms with E-state index in [0.717, 1.165) is 17.7 Å². The lowest BCUT2D eigenvalue weighted by Gasteiger charge is -2.23. The van der Waals surface area contributed by atoms with Crippen LogP contribution in [0, 0.1) is 12.8 Å². The van der Waals surface area contributed by atoms with Crippen molar-refractivity contribution in [1.82, 2.24) is 0 Å². The molecule has 0 aromatic heterocycles.